The summed E-state index contributed by atoms with van der Waals surface area (Å²) in [5, 5.41) is 9.45. The van der Waals surface area contributed by atoms with Crippen molar-refractivity contribution in [2.75, 3.05) is 0 Å². The van der Waals surface area contributed by atoms with Crippen LogP contribution in [0.15, 0.2) is 42.7 Å². The number of benzene rings is 1. The monoisotopic (exact) mass is 160 g/mol. The summed E-state index contributed by atoms with van der Waals surface area (Å²) >= 11 is 0. The largest absolute Gasteiger partial charge is 0.507 e. The maximum Gasteiger partial charge on any atom is 0.138 e. The normalized spacial score (nSPS) is 14.7. The van der Waals surface area contributed by atoms with Crippen LogP contribution >= 0.6 is 0 Å². The number of fused-ring (bicyclic) bond motifs is 1. The molecule has 0 fully saturated rings. The molecule has 1 aliphatic heterocycles. The molecule has 0 radical (unpaired) electrons. The number of ether oxygens (including phenoxy) is 1. The Morgan fingerprint density at radius 1 is 1.25 bits per heavy atom. The molecule has 0 aromatic heterocycles. The molecule has 2 nitrogen and oxygen atoms in total. The van der Waals surface area contributed by atoms with Gasteiger partial charge in [0.25, 0.3) is 0 Å². The van der Waals surface area contributed by atoms with Crippen molar-refractivity contribution in [3.05, 3.63) is 48.2 Å². The lowest BCUT2D eigenvalue weighted by Crippen LogP contribution is -2.01. The Morgan fingerprint density at radius 2 is 2.00 bits per heavy atom. The summed E-state index contributed by atoms with van der Waals surface area (Å²) in [7, 11) is 0. The second kappa shape index (κ2) is 2.41. The highest BCUT2D eigenvalue weighted by Crippen LogP contribution is 2.30. The summed E-state index contributed by atoms with van der Waals surface area (Å²) < 4.78 is 5.27. The van der Waals surface area contributed by atoms with Crippen LogP contribution in [0.2, 0.25) is 0 Å². The van der Waals surface area contributed by atoms with Gasteiger partial charge in [-0.15, -0.1) is 0 Å². The minimum atomic E-state index is 0.210. The number of para-hydroxylation sites is 1. The number of allylic oxidation sites excluding steroid dienone is 1. The second-order valence-corrected chi connectivity index (χ2v) is 2.59. The fraction of sp³-hybridized carbons (Fsp3) is 0. The molecular weight excluding hydrogens is 152 g/mol. The predicted molar refractivity (Wildman–Crippen MR) is 46.8 cm³/mol. The molecule has 1 heterocycles. The number of hydrogen-bond donors (Lipinski definition) is 1. The van der Waals surface area contributed by atoms with Crippen molar-refractivity contribution in [3.63, 3.8) is 0 Å². The number of aliphatic hydroxyl groups is 1. The van der Waals surface area contributed by atoms with Crippen molar-refractivity contribution in [2.24, 2.45) is 0 Å². The van der Waals surface area contributed by atoms with Gasteiger partial charge in [0.1, 0.15) is 17.3 Å². The molecule has 0 saturated heterocycles. The smallest absolute Gasteiger partial charge is 0.138 e. The molecule has 1 aromatic carbocycles. The number of aliphatic hydroxyl groups excluding tert-OH is 1. The van der Waals surface area contributed by atoms with Gasteiger partial charge >= 0.3 is 0 Å². The third-order valence-corrected chi connectivity index (χ3v) is 1.70. The van der Waals surface area contributed by atoms with E-state index < -0.39 is 0 Å². The molecular formula is C10H8O2. The van der Waals surface area contributed by atoms with Crippen LogP contribution in [-0.4, -0.2) is 5.11 Å². The molecule has 2 rings (SSSR count). The Morgan fingerprint density at radius 3 is 2.83 bits per heavy atom. The van der Waals surface area contributed by atoms with Gasteiger partial charge in [0.15, 0.2) is 0 Å². The molecule has 0 bridgehead atoms. The fourth-order valence-corrected chi connectivity index (χ4v) is 1.17. The highest BCUT2D eigenvalue weighted by Gasteiger charge is 2.13. The van der Waals surface area contributed by atoms with E-state index in [9.17, 15) is 5.11 Å². The van der Waals surface area contributed by atoms with Crippen molar-refractivity contribution >= 4 is 5.76 Å². The molecule has 1 aliphatic rings. The van der Waals surface area contributed by atoms with Crippen molar-refractivity contribution < 1.29 is 9.84 Å². The van der Waals surface area contributed by atoms with E-state index >= 15 is 0 Å². The first-order valence-corrected chi connectivity index (χ1v) is 3.64. The molecule has 0 spiro atoms. The lowest BCUT2D eigenvalue weighted by atomic mass is 10.1. The first kappa shape index (κ1) is 6.98. The van der Waals surface area contributed by atoms with Crippen LogP contribution in [0.25, 0.3) is 5.76 Å². The van der Waals surface area contributed by atoms with Crippen LogP contribution in [0.1, 0.15) is 5.56 Å². The summed E-state index contributed by atoms with van der Waals surface area (Å²) in [6, 6.07) is 7.29. The number of hydrogen-bond acceptors (Lipinski definition) is 2. The van der Waals surface area contributed by atoms with Crippen molar-refractivity contribution in [1.29, 1.82) is 0 Å². The van der Waals surface area contributed by atoms with Crippen LogP contribution in [0, 0.1) is 0 Å². The highest BCUT2D eigenvalue weighted by molar-refractivity contribution is 5.68. The van der Waals surface area contributed by atoms with Gasteiger partial charge in [-0.05, 0) is 12.1 Å². The molecule has 0 atom stereocenters. The quantitative estimate of drug-likeness (QED) is 0.631. The van der Waals surface area contributed by atoms with E-state index in [4.69, 9.17) is 4.74 Å². The zero-order valence-corrected chi connectivity index (χ0v) is 6.45. The Bertz CT molecular complexity index is 364. The first-order valence-electron chi connectivity index (χ1n) is 3.64. The van der Waals surface area contributed by atoms with Crippen molar-refractivity contribution in [3.8, 4) is 5.75 Å². The molecule has 12 heavy (non-hydrogen) atoms. The molecule has 2 heteroatoms. The summed E-state index contributed by atoms with van der Waals surface area (Å²) in [6.07, 6.45) is 1.50. The van der Waals surface area contributed by atoms with E-state index in [0.29, 0.717) is 17.1 Å². The second-order valence-electron chi connectivity index (χ2n) is 2.59. The zero-order chi connectivity index (χ0) is 8.55. The van der Waals surface area contributed by atoms with Gasteiger partial charge < -0.3 is 9.84 Å². The van der Waals surface area contributed by atoms with Gasteiger partial charge in [0.2, 0.25) is 0 Å². The van der Waals surface area contributed by atoms with Crippen molar-refractivity contribution in [1.82, 2.24) is 0 Å². The van der Waals surface area contributed by atoms with Crippen LogP contribution in [-0.2, 0) is 0 Å². The minimum absolute atomic E-state index is 0.210. The van der Waals surface area contributed by atoms with Gasteiger partial charge in [-0.2, -0.15) is 0 Å². The van der Waals surface area contributed by atoms with Gasteiger partial charge in [0, 0.05) is 6.08 Å². The van der Waals surface area contributed by atoms with Crippen LogP contribution in [0.3, 0.4) is 0 Å². The molecule has 1 aromatic rings. The molecule has 0 aliphatic carbocycles. The standard InChI is InChI=1S/C10H8O2/c1-7-6-9(11)8-4-2-3-5-10(8)12-7/h2-6,11H,1H2. The van der Waals surface area contributed by atoms with Gasteiger partial charge in [0.05, 0.1) is 5.56 Å². The highest BCUT2D eigenvalue weighted by atomic mass is 16.5. The van der Waals surface area contributed by atoms with Crippen molar-refractivity contribution in [2.45, 2.75) is 0 Å². The third kappa shape index (κ3) is 0.975. The summed E-state index contributed by atoms with van der Waals surface area (Å²) in [6.45, 7) is 3.60. The van der Waals surface area contributed by atoms with Gasteiger partial charge in [-0.3, -0.25) is 0 Å². The molecule has 1 N–H and O–H groups in total. The lowest BCUT2D eigenvalue weighted by Gasteiger charge is -2.15. The summed E-state index contributed by atoms with van der Waals surface area (Å²) in [5.74, 6) is 1.33. The average molecular weight is 160 g/mol. The molecule has 0 unspecified atom stereocenters. The van der Waals surface area contributed by atoms with E-state index in [-0.39, 0.29) is 5.76 Å². The number of rotatable bonds is 0. The minimum Gasteiger partial charge on any atom is -0.507 e. The summed E-state index contributed by atoms with van der Waals surface area (Å²) in [5.41, 5.74) is 0.713. The van der Waals surface area contributed by atoms with Crippen LogP contribution in [0.5, 0.6) is 5.75 Å². The van der Waals surface area contributed by atoms with Gasteiger partial charge in [-0.1, -0.05) is 18.7 Å². The van der Waals surface area contributed by atoms with E-state index in [0.717, 1.165) is 0 Å². The lowest BCUT2D eigenvalue weighted by molar-refractivity contribution is 0.420. The maximum atomic E-state index is 9.45. The SMILES string of the molecule is C=C1C=C(O)c2ccccc2O1. The Labute approximate surface area is 70.4 Å². The van der Waals surface area contributed by atoms with E-state index in [1.807, 2.05) is 12.1 Å². The van der Waals surface area contributed by atoms with Gasteiger partial charge in [-0.25, -0.2) is 0 Å². The van der Waals surface area contributed by atoms with E-state index in [2.05, 4.69) is 6.58 Å². The Kier molecular flexibility index (Phi) is 1.40. The molecule has 0 amide bonds. The Hall–Kier alpha value is -1.70. The van der Waals surface area contributed by atoms with E-state index in [1.54, 1.807) is 12.1 Å². The predicted octanol–water partition coefficient (Wildman–Crippen LogP) is 2.49. The maximum absolute atomic E-state index is 9.45. The van der Waals surface area contributed by atoms with E-state index in [1.165, 1.54) is 6.08 Å². The molecule has 0 saturated carbocycles. The fourth-order valence-electron chi connectivity index (χ4n) is 1.17. The first-order chi connectivity index (χ1) is 5.77. The Balaban J connectivity index is 2.60. The average Bonchev–Trinajstić information content (AvgIpc) is 2.04. The van der Waals surface area contributed by atoms with Crippen LogP contribution in [0.4, 0.5) is 0 Å². The third-order valence-electron chi connectivity index (χ3n) is 1.70. The topological polar surface area (TPSA) is 29.5 Å². The zero-order valence-electron chi connectivity index (χ0n) is 6.45. The van der Waals surface area contributed by atoms with Crippen LogP contribution < -0.4 is 4.74 Å². The summed E-state index contributed by atoms with van der Waals surface area (Å²) in [4.78, 5) is 0. The molecule has 60 valence electrons.